The molecule has 2 N–H and O–H groups in total. The van der Waals surface area contributed by atoms with E-state index in [0.717, 1.165) is 0 Å². The topological polar surface area (TPSA) is 95.2 Å². The van der Waals surface area contributed by atoms with Crippen molar-refractivity contribution in [3.8, 4) is 0 Å². The van der Waals surface area contributed by atoms with E-state index in [-0.39, 0.29) is 35.0 Å². The molecule has 0 aliphatic carbocycles. The van der Waals surface area contributed by atoms with Gasteiger partial charge in [-0.2, -0.15) is 5.10 Å². The first kappa shape index (κ1) is 14.5. The zero-order valence-electron chi connectivity index (χ0n) is 10.8. The third kappa shape index (κ3) is 3.57. The van der Waals surface area contributed by atoms with Gasteiger partial charge in [0.1, 0.15) is 11.6 Å². The molecule has 0 aromatic carbocycles. The van der Waals surface area contributed by atoms with E-state index in [0.29, 0.717) is 25.9 Å². The minimum atomic E-state index is -0.352. The second kappa shape index (κ2) is 6.51. The number of likely N-dealkylation sites (tertiary alicyclic amines) is 1. The summed E-state index contributed by atoms with van der Waals surface area (Å²) in [7, 11) is 0. The SMILES string of the molecule is O=C(NC1CCN(C(=O)CCl)CC1)c1ccc(=O)[nH]n1. The standard InChI is InChI=1S/C12H15ClN4O3/c13-7-11(19)17-5-3-8(4-6-17)14-12(20)9-1-2-10(18)16-15-9/h1-2,8H,3-7H2,(H,14,20)(H,16,18). The number of aromatic amines is 1. The molecule has 2 heterocycles. The maximum Gasteiger partial charge on any atom is 0.271 e. The average Bonchev–Trinajstić information content (AvgIpc) is 2.48. The molecule has 0 spiro atoms. The van der Waals surface area contributed by atoms with Crippen LogP contribution in [0.5, 0.6) is 0 Å². The number of carbonyl (C=O) groups is 2. The van der Waals surface area contributed by atoms with Crippen LogP contribution in [0, 0.1) is 0 Å². The predicted molar refractivity (Wildman–Crippen MR) is 72.6 cm³/mol. The first-order chi connectivity index (χ1) is 9.60. The maximum atomic E-state index is 11.9. The highest BCUT2D eigenvalue weighted by Gasteiger charge is 2.23. The van der Waals surface area contributed by atoms with Gasteiger partial charge in [-0.25, -0.2) is 5.10 Å². The Hall–Kier alpha value is -1.89. The van der Waals surface area contributed by atoms with Crippen molar-refractivity contribution in [3.63, 3.8) is 0 Å². The Kier molecular flexibility index (Phi) is 4.73. The van der Waals surface area contributed by atoms with Crippen LogP contribution in [-0.2, 0) is 4.79 Å². The van der Waals surface area contributed by atoms with Crippen LogP contribution in [0.3, 0.4) is 0 Å². The summed E-state index contributed by atoms with van der Waals surface area (Å²) in [6, 6.07) is 2.62. The van der Waals surface area contributed by atoms with Crippen molar-refractivity contribution < 1.29 is 9.59 Å². The number of nitrogens with one attached hydrogen (secondary N) is 2. The molecule has 1 aliphatic rings. The number of carbonyl (C=O) groups excluding carboxylic acids is 2. The molecule has 1 aromatic rings. The van der Waals surface area contributed by atoms with Crippen LogP contribution in [0.25, 0.3) is 0 Å². The van der Waals surface area contributed by atoms with Crippen LogP contribution in [-0.4, -0.2) is 51.9 Å². The summed E-state index contributed by atoms with van der Waals surface area (Å²) in [5, 5.41) is 8.72. The fourth-order valence-electron chi connectivity index (χ4n) is 2.09. The van der Waals surface area contributed by atoms with Crippen LogP contribution in [0.2, 0.25) is 0 Å². The molecule has 0 unspecified atom stereocenters. The quantitative estimate of drug-likeness (QED) is 0.751. The second-order valence-corrected chi connectivity index (χ2v) is 4.84. The molecule has 1 aliphatic heterocycles. The molecule has 1 aromatic heterocycles. The van der Waals surface area contributed by atoms with E-state index in [1.165, 1.54) is 12.1 Å². The summed E-state index contributed by atoms with van der Waals surface area (Å²) in [4.78, 5) is 35.9. The maximum absolute atomic E-state index is 11.9. The number of piperidine rings is 1. The zero-order chi connectivity index (χ0) is 14.5. The van der Waals surface area contributed by atoms with Gasteiger partial charge >= 0.3 is 0 Å². The lowest BCUT2D eigenvalue weighted by Crippen LogP contribution is -2.47. The molecule has 1 fully saturated rings. The van der Waals surface area contributed by atoms with Gasteiger partial charge in [-0.3, -0.25) is 14.4 Å². The van der Waals surface area contributed by atoms with Gasteiger partial charge in [0.25, 0.3) is 11.5 Å². The van der Waals surface area contributed by atoms with Crippen molar-refractivity contribution in [2.75, 3.05) is 19.0 Å². The fourth-order valence-corrected chi connectivity index (χ4v) is 2.26. The Balaban J connectivity index is 1.86. The van der Waals surface area contributed by atoms with Crippen molar-refractivity contribution in [1.29, 1.82) is 0 Å². The summed E-state index contributed by atoms with van der Waals surface area (Å²) in [5.74, 6) is -0.430. The Morgan fingerprint density at radius 1 is 1.40 bits per heavy atom. The van der Waals surface area contributed by atoms with E-state index >= 15 is 0 Å². The summed E-state index contributed by atoms with van der Waals surface area (Å²) in [5.41, 5.74) is -0.182. The lowest BCUT2D eigenvalue weighted by Gasteiger charge is -2.31. The highest BCUT2D eigenvalue weighted by atomic mass is 35.5. The van der Waals surface area contributed by atoms with Gasteiger partial charge in [0.15, 0.2) is 0 Å². The largest absolute Gasteiger partial charge is 0.348 e. The van der Waals surface area contributed by atoms with Crippen molar-refractivity contribution in [2.45, 2.75) is 18.9 Å². The minimum absolute atomic E-state index is 0.00407. The Bertz CT molecular complexity index is 531. The fraction of sp³-hybridized carbons (Fsp3) is 0.500. The minimum Gasteiger partial charge on any atom is -0.348 e. The van der Waals surface area contributed by atoms with Gasteiger partial charge in [0, 0.05) is 25.2 Å². The number of halogens is 1. The van der Waals surface area contributed by atoms with Gasteiger partial charge < -0.3 is 10.2 Å². The van der Waals surface area contributed by atoms with Crippen LogP contribution in [0.1, 0.15) is 23.3 Å². The Morgan fingerprint density at radius 2 is 2.10 bits per heavy atom. The third-order valence-corrected chi connectivity index (χ3v) is 3.44. The number of hydrogen-bond acceptors (Lipinski definition) is 4. The summed E-state index contributed by atoms with van der Waals surface area (Å²) < 4.78 is 0. The number of amides is 2. The molecule has 8 heteroatoms. The Labute approximate surface area is 120 Å². The van der Waals surface area contributed by atoms with Gasteiger partial charge in [0.2, 0.25) is 5.91 Å². The molecule has 0 radical (unpaired) electrons. The van der Waals surface area contributed by atoms with E-state index in [1.54, 1.807) is 4.90 Å². The summed E-state index contributed by atoms with van der Waals surface area (Å²) in [6.45, 7) is 1.16. The molecule has 1 saturated heterocycles. The monoisotopic (exact) mass is 298 g/mol. The van der Waals surface area contributed by atoms with Crippen LogP contribution in [0.4, 0.5) is 0 Å². The number of nitrogens with zero attached hydrogens (tertiary/aromatic N) is 2. The smallest absolute Gasteiger partial charge is 0.271 e. The molecule has 2 amide bonds. The van der Waals surface area contributed by atoms with Crippen molar-refractivity contribution >= 4 is 23.4 Å². The normalized spacial score (nSPS) is 15.9. The first-order valence-corrected chi connectivity index (χ1v) is 6.84. The summed E-state index contributed by atoms with van der Waals surface area (Å²) in [6.07, 6.45) is 1.36. The van der Waals surface area contributed by atoms with E-state index < -0.39 is 0 Å². The highest BCUT2D eigenvalue weighted by Crippen LogP contribution is 2.11. The lowest BCUT2D eigenvalue weighted by atomic mass is 10.0. The van der Waals surface area contributed by atoms with E-state index in [9.17, 15) is 14.4 Å². The number of hydrogen-bond donors (Lipinski definition) is 2. The third-order valence-electron chi connectivity index (χ3n) is 3.21. The lowest BCUT2D eigenvalue weighted by molar-refractivity contribution is -0.129. The predicted octanol–water partition coefficient (Wildman–Crippen LogP) is -0.270. The Morgan fingerprint density at radius 3 is 2.65 bits per heavy atom. The van der Waals surface area contributed by atoms with E-state index in [1.807, 2.05) is 0 Å². The molecule has 20 heavy (non-hydrogen) atoms. The molecule has 108 valence electrons. The molecular weight excluding hydrogens is 284 g/mol. The zero-order valence-corrected chi connectivity index (χ0v) is 11.5. The van der Waals surface area contributed by atoms with Gasteiger partial charge in [-0.15, -0.1) is 11.6 Å². The number of aromatic nitrogens is 2. The van der Waals surface area contributed by atoms with Gasteiger partial charge in [0.05, 0.1) is 0 Å². The molecule has 0 atom stereocenters. The molecule has 0 bridgehead atoms. The van der Waals surface area contributed by atoms with E-state index in [2.05, 4.69) is 15.5 Å². The average molecular weight is 299 g/mol. The van der Waals surface area contributed by atoms with Gasteiger partial charge in [-0.05, 0) is 18.9 Å². The molecule has 2 rings (SSSR count). The van der Waals surface area contributed by atoms with Crippen LogP contribution < -0.4 is 10.9 Å². The van der Waals surface area contributed by atoms with Gasteiger partial charge in [-0.1, -0.05) is 0 Å². The number of rotatable bonds is 3. The second-order valence-electron chi connectivity index (χ2n) is 4.57. The van der Waals surface area contributed by atoms with Crippen LogP contribution in [0.15, 0.2) is 16.9 Å². The van der Waals surface area contributed by atoms with Crippen molar-refractivity contribution in [3.05, 3.63) is 28.2 Å². The first-order valence-electron chi connectivity index (χ1n) is 6.30. The molecular formula is C12H15ClN4O3. The number of alkyl halides is 1. The van der Waals surface area contributed by atoms with Crippen molar-refractivity contribution in [1.82, 2.24) is 20.4 Å². The van der Waals surface area contributed by atoms with Crippen molar-refractivity contribution in [2.24, 2.45) is 0 Å². The summed E-state index contributed by atoms with van der Waals surface area (Å²) >= 11 is 5.50. The number of H-pyrrole nitrogens is 1. The van der Waals surface area contributed by atoms with E-state index in [4.69, 9.17) is 11.6 Å². The van der Waals surface area contributed by atoms with Crippen LogP contribution >= 0.6 is 11.6 Å². The highest BCUT2D eigenvalue weighted by molar-refractivity contribution is 6.27. The molecule has 0 saturated carbocycles. The molecule has 7 nitrogen and oxygen atoms in total.